The predicted octanol–water partition coefficient (Wildman–Crippen LogP) is 3.76. The van der Waals surface area contributed by atoms with Gasteiger partial charge in [0.2, 0.25) is 0 Å². The molecule has 104 valence electrons. The highest BCUT2D eigenvalue weighted by molar-refractivity contribution is 7.91. The fourth-order valence-corrected chi connectivity index (χ4v) is 5.48. The van der Waals surface area contributed by atoms with Crippen LogP contribution >= 0.6 is 34.3 Å². The van der Waals surface area contributed by atoms with E-state index in [1.165, 1.54) is 15.6 Å². The summed E-state index contributed by atoms with van der Waals surface area (Å²) in [6.07, 6.45) is 0. The van der Waals surface area contributed by atoms with Crippen LogP contribution < -0.4 is 0 Å². The smallest absolute Gasteiger partial charge is 0.206 e. The van der Waals surface area contributed by atoms with E-state index < -0.39 is 10.0 Å². The number of rotatable bonds is 6. The SMILES string of the molecule is CCN(Cc1cccs1)S(=O)(=O)c1ccc(CCl)s1. The van der Waals surface area contributed by atoms with E-state index in [4.69, 9.17) is 11.6 Å². The molecular weight excluding hydrogens is 322 g/mol. The number of nitrogens with zero attached hydrogens (tertiary/aromatic N) is 1. The van der Waals surface area contributed by atoms with E-state index in [2.05, 4.69) is 0 Å². The van der Waals surface area contributed by atoms with Crippen molar-refractivity contribution < 1.29 is 8.42 Å². The second-order valence-electron chi connectivity index (χ2n) is 3.86. The van der Waals surface area contributed by atoms with Crippen LogP contribution in [-0.4, -0.2) is 19.3 Å². The fraction of sp³-hybridized carbons (Fsp3) is 0.333. The summed E-state index contributed by atoms with van der Waals surface area (Å²) >= 11 is 8.52. The summed E-state index contributed by atoms with van der Waals surface area (Å²) in [5.41, 5.74) is 0. The zero-order valence-electron chi connectivity index (χ0n) is 10.4. The molecule has 0 spiro atoms. The Morgan fingerprint density at radius 2 is 2.05 bits per heavy atom. The molecule has 2 aromatic heterocycles. The Bertz CT molecular complexity index is 619. The van der Waals surface area contributed by atoms with Gasteiger partial charge in [0.25, 0.3) is 10.0 Å². The third kappa shape index (κ3) is 3.38. The fourth-order valence-electron chi connectivity index (χ4n) is 1.64. The van der Waals surface area contributed by atoms with E-state index in [1.807, 2.05) is 24.4 Å². The molecule has 0 amide bonds. The number of halogens is 1. The number of sulfonamides is 1. The molecule has 0 bridgehead atoms. The third-order valence-corrected chi connectivity index (χ3v) is 7.41. The molecule has 0 aromatic carbocycles. The van der Waals surface area contributed by atoms with Gasteiger partial charge in [-0.05, 0) is 23.6 Å². The summed E-state index contributed by atoms with van der Waals surface area (Å²) in [6.45, 7) is 2.72. The predicted molar refractivity (Wildman–Crippen MR) is 81.5 cm³/mol. The van der Waals surface area contributed by atoms with Crippen LogP contribution in [0.15, 0.2) is 33.9 Å². The lowest BCUT2D eigenvalue weighted by Gasteiger charge is -2.18. The van der Waals surface area contributed by atoms with Gasteiger partial charge < -0.3 is 0 Å². The van der Waals surface area contributed by atoms with Crippen molar-refractivity contribution >= 4 is 44.3 Å². The lowest BCUT2D eigenvalue weighted by atomic mass is 10.4. The molecule has 2 aromatic rings. The maximum absolute atomic E-state index is 12.5. The Labute approximate surface area is 126 Å². The molecule has 0 saturated carbocycles. The minimum absolute atomic E-state index is 0.344. The topological polar surface area (TPSA) is 37.4 Å². The van der Waals surface area contributed by atoms with Crippen molar-refractivity contribution in [2.75, 3.05) is 6.54 Å². The van der Waals surface area contributed by atoms with Gasteiger partial charge in [-0.3, -0.25) is 0 Å². The summed E-state index contributed by atoms with van der Waals surface area (Å²) in [5, 5.41) is 1.95. The van der Waals surface area contributed by atoms with Crippen molar-refractivity contribution in [2.24, 2.45) is 0 Å². The maximum atomic E-state index is 12.5. The molecule has 2 rings (SSSR count). The highest BCUT2D eigenvalue weighted by Crippen LogP contribution is 2.27. The summed E-state index contributed by atoms with van der Waals surface area (Å²) in [6, 6.07) is 7.27. The van der Waals surface area contributed by atoms with Crippen molar-refractivity contribution in [2.45, 2.75) is 23.6 Å². The second-order valence-corrected chi connectivity index (χ2v) is 8.50. The Morgan fingerprint density at radius 3 is 2.58 bits per heavy atom. The van der Waals surface area contributed by atoms with Gasteiger partial charge in [-0.2, -0.15) is 4.31 Å². The van der Waals surface area contributed by atoms with Crippen LogP contribution in [0.25, 0.3) is 0 Å². The van der Waals surface area contributed by atoms with Crippen molar-refractivity contribution in [1.82, 2.24) is 4.31 Å². The first-order valence-electron chi connectivity index (χ1n) is 5.75. The molecule has 0 radical (unpaired) electrons. The third-order valence-electron chi connectivity index (χ3n) is 2.63. The number of thiophene rings is 2. The molecule has 0 fully saturated rings. The Morgan fingerprint density at radius 1 is 1.26 bits per heavy atom. The molecule has 3 nitrogen and oxygen atoms in total. The van der Waals surface area contributed by atoms with E-state index in [0.717, 1.165) is 9.75 Å². The molecule has 0 atom stereocenters. The van der Waals surface area contributed by atoms with Gasteiger partial charge in [0.1, 0.15) is 4.21 Å². The molecule has 0 aliphatic heterocycles. The minimum atomic E-state index is -3.42. The summed E-state index contributed by atoms with van der Waals surface area (Å²) in [7, 11) is -3.42. The average molecular weight is 336 g/mol. The number of hydrogen-bond acceptors (Lipinski definition) is 4. The molecule has 7 heteroatoms. The highest BCUT2D eigenvalue weighted by atomic mass is 35.5. The largest absolute Gasteiger partial charge is 0.252 e. The van der Waals surface area contributed by atoms with Gasteiger partial charge in [0.05, 0.1) is 5.88 Å². The molecular formula is C12H14ClNO2S3. The lowest BCUT2D eigenvalue weighted by molar-refractivity contribution is 0.428. The zero-order valence-corrected chi connectivity index (χ0v) is 13.6. The van der Waals surface area contributed by atoms with E-state index in [-0.39, 0.29) is 0 Å². The maximum Gasteiger partial charge on any atom is 0.252 e. The van der Waals surface area contributed by atoms with Gasteiger partial charge in [-0.1, -0.05) is 13.0 Å². The first kappa shape index (κ1) is 15.0. The van der Waals surface area contributed by atoms with Crippen LogP contribution in [0, 0.1) is 0 Å². The molecule has 0 unspecified atom stereocenters. The standard InChI is InChI=1S/C12H14ClNO2S3/c1-2-14(9-11-4-3-7-17-11)19(15,16)12-6-5-10(8-13)18-12/h3-7H,2,8-9H2,1H3. The average Bonchev–Trinajstić information content (AvgIpc) is 3.06. The van der Waals surface area contributed by atoms with Crippen LogP contribution in [0.3, 0.4) is 0 Å². The highest BCUT2D eigenvalue weighted by Gasteiger charge is 2.25. The van der Waals surface area contributed by atoms with Crippen LogP contribution in [0.1, 0.15) is 16.7 Å². The molecule has 2 heterocycles. The van der Waals surface area contributed by atoms with Crippen LogP contribution in [-0.2, 0) is 22.4 Å². The van der Waals surface area contributed by atoms with Crippen molar-refractivity contribution in [1.29, 1.82) is 0 Å². The zero-order chi connectivity index (χ0) is 13.9. The monoisotopic (exact) mass is 335 g/mol. The quantitative estimate of drug-likeness (QED) is 0.754. The summed E-state index contributed by atoms with van der Waals surface area (Å²) < 4.78 is 26.9. The summed E-state index contributed by atoms with van der Waals surface area (Å²) in [4.78, 5) is 1.91. The van der Waals surface area contributed by atoms with Crippen LogP contribution in [0.4, 0.5) is 0 Å². The summed E-state index contributed by atoms with van der Waals surface area (Å²) in [5.74, 6) is 0.344. The van der Waals surface area contributed by atoms with Crippen LogP contribution in [0.2, 0.25) is 0 Å². The molecule has 0 N–H and O–H groups in total. The molecule has 19 heavy (non-hydrogen) atoms. The van der Waals surface area contributed by atoms with E-state index in [9.17, 15) is 8.42 Å². The molecule has 0 aliphatic carbocycles. The van der Waals surface area contributed by atoms with Gasteiger partial charge in [0, 0.05) is 22.8 Å². The lowest BCUT2D eigenvalue weighted by Crippen LogP contribution is -2.29. The van der Waals surface area contributed by atoms with E-state index in [0.29, 0.717) is 23.2 Å². The van der Waals surface area contributed by atoms with E-state index in [1.54, 1.807) is 23.5 Å². The molecule has 0 saturated heterocycles. The Hall–Kier alpha value is -0.400. The number of alkyl halides is 1. The second kappa shape index (κ2) is 6.37. The first-order valence-corrected chi connectivity index (χ1v) is 9.42. The van der Waals surface area contributed by atoms with Gasteiger partial charge >= 0.3 is 0 Å². The Kier molecular flexibility index (Phi) is 5.03. The van der Waals surface area contributed by atoms with Crippen molar-refractivity contribution in [3.8, 4) is 0 Å². The van der Waals surface area contributed by atoms with Crippen LogP contribution in [0.5, 0.6) is 0 Å². The van der Waals surface area contributed by atoms with Crippen molar-refractivity contribution in [3.63, 3.8) is 0 Å². The van der Waals surface area contributed by atoms with Crippen molar-refractivity contribution in [3.05, 3.63) is 39.4 Å². The van der Waals surface area contributed by atoms with Gasteiger partial charge in [-0.25, -0.2) is 8.42 Å². The Balaban J connectivity index is 2.25. The minimum Gasteiger partial charge on any atom is -0.206 e. The van der Waals surface area contributed by atoms with E-state index >= 15 is 0 Å². The van der Waals surface area contributed by atoms with Gasteiger partial charge in [-0.15, -0.1) is 34.3 Å². The molecule has 0 aliphatic rings. The number of hydrogen-bond donors (Lipinski definition) is 0. The van der Waals surface area contributed by atoms with Gasteiger partial charge in [0.15, 0.2) is 0 Å². The normalized spacial score (nSPS) is 12.2. The first-order chi connectivity index (χ1) is 9.07.